The van der Waals surface area contributed by atoms with Gasteiger partial charge in [0.25, 0.3) is 5.56 Å². The summed E-state index contributed by atoms with van der Waals surface area (Å²) in [5, 5.41) is 1.73. The van der Waals surface area contributed by atoms with Crippen LogP contribution in [0.2, 0.25) is 5.02 Å². The Labute approximate surface area is 233 Å². The fourth-order valence-electron chi connectivity index (χ4n) is 4.69. The van der Waals surface area contributed by atoms with E-state index in [0.29, 0.717) is 46.2 Å². The number of aliphatic imine (C=N–C) groups is 1. The van der Waals surface area contributed by atoms with Gasteiger partial charge in [-0.1, -0.05) is 31.5 Å². The van der Waals surface area contributed by atoms with Crippen molar-refractivity contribution < 1.29 is 9.59 Å². The summed E-state index contributed by atoms with van der Waals surface area (Å²) in [7, 11) is 3.32. The molecule has 0 bridgehead atoms. The molecule has 1 aliphatic rings. The molecule has 0 radical (unpaired) electrons. The number of nitrogens with two attached hydrogens (primary N) is 1. The van der Waals surface area contributed by atoms with E-state index in [4.69, 9.17) is 17.3 Å². The fourth-order valence-corrected chi connectivity index (χ4v) is 4.96. The summed E-state index contributed by atoms with van der Waals surface area (Å²) >= 11 is 6.76. The molecule has 0 atom stereocenters. The summed E-state index contributed by atoms with van der Waals surface area (Å²) < 4.78 is 1.41. The van der Waals surface area contributed by atoms with Gasteiger partial charge in [-0.15, -0.1) is 0 Å². The number of amidine groups is 1. The molecule has 0 unspecified atom stereocenters. The van der Waals surface area contributed by atoms with Crippen molar-refractivity contribution in [1.29, 1.82) is 0 Å². The molecule has 9 heteroatoms. The molecule has 0 spiro atoms. The average molecular weight is 548 g/mol. The topological polar surface area (TPSA) is 101 Å². The third-order valence-corrected chi connectivity index (χ3v) is 7.04. The van der Waals surface area contributed by atoms with E-state index in [1.54, 1.807) is 26.4 Å². The van der Waals surface area contributed by atoms with Gasteiger partial charge in [-0.05, 0) is 65.8 Å². The minimum atomic E-state index is -0.228. The van der Waals surface area contributed by atoms with E-state index in [-0.39, 0.29) is 30.3 Å². The first-order chi connectivity index (χ1) is 18.6. The Balaban J connectivity index is 1.72. The number of carbonyl (C=O) groups excluding carboxylic acids is 2. The molecule has 3 aromatic rings. The number of amides is 2. The normalized spacial score (nSPS) is 12.8. The van der Waals surface area contributed by atoms with E-state index in [1.807, 2.05) is 41.3 Å². The summed E-state index contributed by atoms with van der Waals surface area (Å²) in [5.74, 6) is 0.146. The van der Waals surface area contributed by atoms with Crippen molar-refractivity contribution in [3.05, 3.63) is 69.1 Å². The maximum Gasteiger partial charge on any atom is 0.258 e. The molecule has 2 heterocycles. The standard InChI is InChI=1S/C30H34ClN5O3/c1-5-10-35(11-6-2)29(38)22-14-24-25(31)15-21(16-26(24)33-27(32)17-22)19-7-8-23-20(13-19)9-12-36(30(23)39)18-28(37)34(3)4/h7-9,12-16H,5-6,10-11,17-18H2,1-4H3,(H2,32,33). The minimum Gasteiger partial charge on any atom is -0.387 e. The lowest BCUT2D eigenvalue weighted by atomic mass is 9.98. The number of pyridine rings is 1. The summed E-state index contributed by atoms with van der Waals surface area (Å²) in [6.45, 7) is 5.44. The molecule has 8 nitrogen and oxygen atoms in total. The van der Waals surface area contributed by atoms with E-state index >= 15 is 0 Å². The zero-order valence-corrected chi connectivity index (χ0v) is 23.6. The summed E-state index contributed by atoms with van der Waals surface area (Å²) in [4.78, 5) is 46.3. The Hall–Kier alpha value is -3.91. The monoisotopic (exact) mass is 547 g/mol. The number of hydrogen-bond acceptors (Lipinski definition) is 5. The maximum absolute atomic E-state index is 13.3. The summed E-state index contributed by atoms with van der Waals surface area (Å²) in [5.41, 5.74) is 9.51. The van der Waals surface area contributed by atoms with Crippen LogP contribution in [-0.4, -0.2) is 59.2 Å². The smallest absolute Gasteiger partial charge is 0.258 e. The third kappa shape index (κ3) is 6.06. The predicted octanol–water partition coefficient (Wildman–Crippen LogP) is 4.83. The predicted molar refractivity (Wildman–Crippen MR) is 158 cm³/mol. The van der Waals surface area contributed by atoms with E-state index in [2.05, 4.69) is 18.8 Å². The van der Waals surface area contributed by atoms with Crippen LogP contribution in [0.5, 0.6) is 0 Å². The highest BCUT2D eigenvalue weighted by Crippen LogP contribution is 2.37. The highest BCUT2D eigenvalue weighted by Gasteiger charge is 2.22. The lowest BCUT2D eigenvalue weighted by molar-refractivity contribution is -0.129. The molecule has 0 fully saturated rings. The maximum atomic E-state index is 13.3. The Bertz CT molecular complexity index is 1550. The van der Waals surface area contributed by atoms with Crippen molar-refractivity contribution in [2.45, 2.75) is 39.7 Å². The van der Waals surface area contributed by atoms with Gasteiger partial charge in [-0.25, -0.2) is 4.99 Å². The number of likely N-dealkylation sites (N-methyl/N-ethyl adjacent to an activating group) is 1. The van der Waals surface area contributed by atoms with E-state index < -0.39 is 0 Å². The van der Waals surface area contributed by atoms with Gasteiger partial charge < -0.3 is 20.1 Å². The lowest BCUT2D eigenvalue weighted by Crippen LogP contribution is -2.34. The number of halogens is 1. The Morgan fingerprint density at radius 1 is 1.05 bits per heavy atom. The number of benzene rings is 2. The second-order valence-corrected chi connectivity index (χ2v) is 10.4. The number of rotatable bonds is 8. The van der Waals surface area contributed by atoms with Crippen molar-refractivity contribution in [3.63, 3.8) is 0 Å². The van der Waals surface area contributed by atoms with Gasteiger partial charge in [0, 0.05) is 56.3 Å². The van der Waals surface area contributed by atoms with Gasteiger partial charge in [0.05, 0.1) is 10.7 Å². The lowest BCUT2D eigenvalue weighted by Gasteiger charge is -2.22. The first-order valence-electron chi connectivity index (χ1n) is 13.1. The van der Waals surface area contributed by atoms with Crippen molar-refractivity contribution in [2.24, 2.45) is 10.7 Å². The third-order valence-electron chi connectivity index (χ3n) is 6.73. The zero-order chi connectivity index (χ0) is 28.3. The number of hydrogen-bond donors (Lipinski definition) is 1. The van der Waals surface area contributed by atoms with Crippen LogP contribution in [-0.2, 0) is 16.1 Å². The number of nitrogens with zero attached hydrogens (tertiary/aromatic N) is 4. The summed E-state index contributed by atoms with van der Waals surface area (Å²) in [6, 6.07) is 11.1. The first kappa shape index (κ1) is 28.1. The van der Waals surface area contributed by atoms with Crippen LogP contribution in [0.25, 0.3) is 28.0 Å². The van der Waals surface area contributed by atoms with Crippen molar-refractivity contribution >= 4 is 51.8 Å². The van der Waals surface area contributed by atoms with Crippen LogP contribution >= 0.6 is 11.6 Å². The van der Waals surface area contributed by atoms with Crippen LogP contribution in [0, 0.1) is 0 Å². The molecule has 4 rings (SSSR count). The number of aromatic nitrogens is 1. The Kier molecular flexibility index (Phi) is 8.55. The summed E-state index contributed by atoms with van der Waals surface area (Å²) in [6.07, 6.45) is 5.44. The molecule has 2 N–H and O–H groups in total. The highest BCUT2D eigenvalue weighted by molar-refractivity contribution is 6.33. The van der Waals surface area contributed by atoms with Crippen LogP contribution in [0.15, 0.2) is 58.0 Å². The highest BCUT2D eigenvalue weighted by atomic mass is 35.5. The molecule has 39 heavy (non-hydrogen) atoms. The molecule has 0 aliphatic carbocycles. The average Bonchev–Trinajstić information content (AvgIpc) is 3.07. The first-order valence-corrected chi connectivity index (χ1v) is 13.5. The largest absolute Gasteiger partial charge is 0.387 e. The van der Waals surface area contributed by atoms with Crippen LogP contribution in [0.4, 0.5) is 5.69 Å². The second-order valence-electron chi connectivity index (χ2n) is 9.97. The second kappa shape index (κ2) is 11.9. The molecule has 0 saturated carbocycles. The quantitative estimate of drug-likeness (QED) is 0.436. The van der Waals surface area contributed by atoms with Gasteiger partial charge in [0.1, 0.15) is 12.4 Å². The molecular formula is C30H34ClN5O3. The molecule has 1 aromatic heterocycles. The van der Waals surface area contributed by atoms with Gasteiger partial charge in [0.2, 0.25) is 11.8 Å². The van der Waals surface area contributed by atoms with E-state index in [1.165, 1.54) is 9.47 Å². The molecule has 2 aromatic carbocycles. The van der Waals surface area contributed by atoms with Gasteiger partial charge >= 0.3 is 0 Å². The van der Waals surface area contributed by atoms with Gasteiger partial charge in [0.15, 0.2) is 0 Å². The minimum absolute atomic E-state index is 0.0178. The van der Waals surface area contributed by atoms with Crippen molar-refractivity contribution in [1.82, 2.24) is 14.4 Å². The molecule has 2 amide bonds. The Morgan fingerprint density at radius 3 is 2.44 bits per heavy atom. The number of carbonyl (C=O) groups is 2. The van der Waals surface area contributed by atoms with Crippen LogP contribution < -0.4 is 11.3 Å². The van der Waals surface area contributed by atoms with Crippen LogP contribution in [0.3, 0.4) is 0 Å². The fraction of sp³-hybridized carbons (Fsp3) is 0.333. The SMILES string of the molecule is CCCN(CCC)C(=O)C1=Cc2c(Cl)cc(-c3ccc4c(=O)n(CC(=O)N(C)C)ccc4c3)cc2N=C(N)C1. The van der Waals surface area contributed by atoms with Gasteiger partial charge in [-0.3, -0.25) is 14.4 Å². The molecular weight excluding hydrogens is 514 g/mol. The van der Waals surface area contributed by atoms with Gasteiger partial charge in [-0.2, -0.15) is 0 Å². The Morgan fingerprint density at radius 2 is 1.77 bits per heavy atom. The van der Waals surface area contributed by atoms with Crippen molar-refractivity contribution in [2.75, 3.05) is 27.2 Å². The van der Waals surface area contributed by atoms with Crippen LogP contribution in [0.1, 0.15) is 38.7 Å². The van der Waals surface area contributed by atoms with E-state index in [0.717, 1.165) is 29.4 Å². The number of fused-ring (bicyclic) bond motifs is 2. The van der Waals surface area contributed by atoms with E-state index in [9.17, 15) is 14.4 Å². The molecule has 204 valence electrons. The zero-order valence-electron chi connectivity index (χ0n) is 22.8. The molecule has 1 aliphatic heterocycles. The molecule has 0 saturated heterocycles. The van der Waals surface area contributed by atoms with Crippen molar-refractivity contribution in [3.8, 4) is 11.1 Å².